The van der Waals surface area contributed by atoms with E-state index in [1.54, 1.807) is 0 Å². The standard InChI is InChI=1S/C13H19Cl2N3/c14-12-16-11(17-13(15)18-12)10-8-6-4-2-1-3-5-7-9-10/h10H,1-9H2. The second-order valence-electron chi connectivity index (χ2n) is 4.98. The van der Waals surface area contributed by atoms with Crippen LogP contribution in [0.15, 0.2) is 0 Å². The van der Waals surface area contributed by atoms with Gasteiger partial charge in [0.1, 0.15) is 5.82 Å². The van der Waals surface area contributed by atoms with E-state index in [1.165, 1.54) is 44.9 Å². The molecule has 0 atom stereocenters. The van der Waals surface area contributed by atoms with Gasteiger partial charge in [0.15, 0.2) is 0 Å². The summed E-state index contributed by atoms with van der Waals surface area (Å²) >= 11 is 11.7. The first-order valence-corrected chi connectivity index (χ1v) is 7.58. The third-order valence-electron chi connectivity index (χ3n) is 3.57. The molecule has 0 amide bonds. The highest BCUT2D eigenvalue weighted by Crippen LogP contribution is 2.28. The SMILES string of the molecule is Clc1nc(Cl)nc(C2CCCCCCCCC2)n1. The third kappa shape index (κ3) is 4.36. The Balaban J connectivity index is 2.06. The van der Waals surface area contributed by atoms with Crippen molar-refractivity contribution in [2.45, 2.75) is 63.7 Å². The molecule has 100 valence electrons. The van der Waals surface area contributed by atoms with Gasteiger partial charge in [-0.3, -0.25) is 0 Å². The summed E-state index contributed by atoms with van der Waals surface area (Å²) in [6, 6.07) is 0. The number of halogens is 2. The monoisotopic (exact) mass is 287 g/mol. The van der Waals surface area contributed by atoms with Crippen LogP contribution in [0.1, 0.15) is 69.5 Å². The minimum Gasteiger partial charge on any atom is -0.202 e. The van der Waals surface area contributed by atoms with Gasteiger partial charge in [0.25, 0.3) is 0 Å². The first-order valence-electron chi connectivity index (χ1n) is 6.82. The molecule has 0 radical (unpaired) electrons. The van der Waals surface area contributed by atoms with Crippen molar-refractivity contribution in [3.05, 3.63) is 16.4 Å². The van der Waals surface area contributed by atoms with E-state index in [4.69, 9.17) is 23.2 Å². The van der Waals surface area contributed by atoms with E-state index in [2.05, 4.69) is 15.0 Å². The van der Waals surface area contributed by atoms with Gasteiger partial charge in [0, 0.05) is 5.92 Å². The van der Waals surface area contributed by atoms with Crippen molar-refractivity contribution in [3.8, 4) is 0 Å². The van der Waals surface area contributed by atoms with Gasteiger partial charge in [0.05, 0.1) is 0 Å². The minimum atomic E-state index is 0.210. The zero-order chi connectivity index (χ0) is 12.8. The van der Waals surface area contributed by atoms with E-state index < -0.39 is 0 Å². The minimum absolute atomic E-state index is 0.210. The highest BCUT2D eigenvalue weighted by Gasteiger charge is 2.17. The normalized spacial score (nSPS) is 19.7. The largest absolute Gasteiger partial charge is 0.226 e. The van der Waals surface area contributed by atoms with Gasteiger partial charge in [-0.05, 0) is 36.0 Å². The number of hydrogen-bond donors (Lipinski definition) is 0. The van der Waals surface area contributed by atoms with Gasteiger partial charge < -0.3 is 0 Å². The van der Waals surface area contributed by atoms with Gasteiger partial charge in [-0.25, -0.2) is 9.97 Å². The van der Waals surface area contributed by atoms with Crippen molar-refractivity contribution < 1.29 is 0 Å². The summed E-state index contributed by atoms with van der Waals surface area (Å²) in [6.45, 7) is 0. The fourth-order valence-electron chi connectivity index (χ4n) is 2.59. The maximum absolute atomic E-state index is 5.85. The Morgan fingerprint density at radius 2 is 1.11 bits per heavy atom. The van der Waals surface area contributed by atoms with Crippen LogP contribution in [-0.2, 0) is 0 Å². The van der Waals surface area contributed by atoms with E-state index in [0.29, 0.717) is 5.92 Å². The van der Waals surface area contributed by atoms with Gasteiger partial charge in [-0.1, -0.05) is 44.9 Å². The molecule has 2 rings (SSSR count). The molecular formula is C13H19Cl2N3. The topological polar surface area (TPSA) is 38.7 Å². The Hall–Kier alpha value is -0.410. The lowest BCUT2D eigenvalue weighted by molar-refractivity contribution is 0.449. The summed E-state index contributed by atoms with van der Waals surface area (Å²) in [7, 11) is 0. The van der Waals surface area contributed by atoms with E-state index in [9.17, 15) is 0 Å². The summed E-state index contributed by atoms with van der Waals surface area (Å²) in [5.41, 5.74) is 0. The molecule has 0 spiro atoms. The molecule has 1 aliphatic rings. The fraction of sp³-hybridized carbons (Fsp3) is 0.769. The predicted molar refractivity (Wildman–Crippen MR) is 74.1 cm³/mol. The lowest BCUT2D eigenvalue weighted by Gasteiger charge is -2.17. The Morgan fingerprint density at radius 3 is 1.61 bits per heavy atom. The third-order valence-corrected chi connectivity index (χ3v) is 3.91. The molecule has 0 unspecified atom stereocenters. The lowest BCUT2D eigenvalue weighted by Crippen LogP contribution is -2.07. The molecule has 1 aliphatic carbocycles. The van der Waals surface area contributed by atoms with Gasteiger partial charge >= 0.3 is 0 Å². The van der Waals surface area contributed by atoms with E-state index in [-0.39, 0.29) is 10.6 Å². The molecule has 1 aromatic rings. The summed E-state index contributed by atoms with van der Waals surface area (Å²) in [5.74, 6) is 1.17. The molecule has 3 nitrogen and oxygen atoms in total. The summed E-state index contributed by atoms with van der Waals surface area (Å²) < 4.78 is 0. The summed E-state index contributed by atoms with van der Waals surface area (Å²) in [5, 5.41) is 0.421. The number of aromatic nitrogens is 3. The van der Waals surface area contributed by atoms with Crippen LogP contribution in [0.5, 0.6) is 0 Å². The number of nitrogens with zero attached hydrogens (tertiary/aromatic N) is 3. The van der Waals surface area contributed by atoms with Crippen LogP contribution >= 0.6 is 23.2 Å². The van der Waals surface area contributed by atoms with Crippen LogP contribution in [0, 0.1) is 0 Å². The molecule has 0 bridgehead atoms. The lowest BCUT2D eigenvalue weighted by atomic mass is 9.92. The van der Waals surface area contributed by atoms with Crippen molar-refractivity contribution in [3.63, 3.8) is 0 Å². The average molecular weight is 288 g/mol. The number of hydrogen-bond acceptors (Lipinski definition) is 3. The van der Waals surface area contributed by atoms with Crippen LogP contribution in [0.4, 0.5) is 0 Å². The average Bonchev–Trinajstić information content (AvgIpc) is 2.34. The summed E-state index contributed by atoms with van der Waals surface area (Å²) in [6.07, 6.45) is 11.5. The molecular weight excluding hydrogens is 269 g/mol. The highest BCUT2D eigenvalue weighted by atomic mass is 35.5. The summed E-state index contributed by atoms with van der Waals surface area (Å²) in [4.78, 5) is 12.3. The Kier molecular flexibility index (Phi) is 5.64. The van der Waals surface area contributed by atoms with Crippen molar-refractivity contribution in [1.29, 1.82) is 0 Å². The Bertz CT molecular complexity index is 354. The first-order chi connectivity index (χ1) is 8.75. The van der Waals surface area contributed by atoms with E-state index in [1.807, 2.05) is 0 Å². The molecule has 0 aromatic carbocycles. The van der Waals surface area contributed by atoms with Crippen LogP contribution in [0.25, 0.3) is 0 Å². The van der Waals surface area contributed by atoms with Crippen LogP contribution < -0.4 is 0 Å². The molecule has 0 aliphatic heterocycles. The van der Waals surface area contributed by atoms with Crippen molar-refractivity contribution >= 4 is 23.2 Å². The maximum atomic E-state index is 5.85. The molecule has 18 heavy (non-hydrogen) atoms. The number of rotatable bonds is 1. The van der Waals surface area contributed by atoms with E-state index >= 15 is 0 Å². The molecule has 0 N–H and O–H groups in total. The fourth-order valence-corrected chi connectivity index (χ4v) is 2.97. The quantitative estimate of drug-likeness (QED) is 0.746. The predicted octanol–water partition coefficient (Wildman–Crippen LogP) is 4.79. The van der Waals surface area contributed by atoms with Gasteiger partial charge in [0.2, 0.25) is 10.6 Å². The van der Waals surface area contributed by atoms with Crippen LogP contribution in [0.3, 0.4) is 0 Å². The molecule has 1 fully saturated rings. The zero-order valence-electron chi connectivity index (χ0n) is 10.5. The Labute approximate surface area is 118 Å². The van der Waals surface area contributed by atoms with Crippen molar-refractivity contribution in [2.75, 3.05) is 0 Å². The second-order valence-corrected chi connectivity index (χ2v) is 5.66. The van der Waals surface area contributed by atoms with Crippen LogP contribution in [-0.4, -0.2) is 15.0 Å². The molecule has 1 aromatic heterocycles. The smallest absolute Gasteiger partial charge is 0.202 e. The Morgan fingerprint density at radius 1 is 0.667 bits per heavy atom. The molecule has 5 heteroatoms. The zero-order valence-corrected chi connectivity index (χ0v) is 12.1. The highest BCUT2D eigenvalue weighted by molar-refractivity contribution is 6.31. The van der Waals surface area contributed by atoms with E-state index in [0.717, 1.165) is 18.7 Å². The first kappa shape index (κ1) is 14.0. The van der Waals surface area contributed by atoms with Gasteiger partial charge in [-0.15, -0.1) is 0 Å². The van der Waals surface area contributed by atoms with Crippen molar-refractivity contribution in [1.82, 2.24) is 15.0 Å². The van der Waals surface area contributed by atoms with Crippen LogP contribution in [0.2, 0.25) is 10.6 Å². The maximum Gasteiger partial charge on any atom is 0.226 e. The molecule has 1 heterocycles. The van der Waals surface area contributed by atoms with Gasteiger partial charge in [-0.2, -0.15) is 4.98 Å². The molecule has 0 saturated heterocycles. The second kappa shape index (κ2) is 7.25. The van der Waals surface area contributed by atoms with Crippen molar-refractivity contribution in [2.24, 2.45) is 0 Å². The molecule has 1 saturated carbocycles.